The average molecular weight is 713 g/mol. The van der Waals surface area contributed by atoms with Crippen LogP contribution < -0.4 is 0 Å². The van der Waals surface area contributed by atoms with Crippen LogP contribution in [0.2, 0.25) is 0 Å². The van der Waals surface area contributed by atoms with Gasteiger partial charge in [-0.15, -0.1) is 0 Å². The molecular weight excluding hydrogens is 665 g/mol. The molecule has 1 aliphatic carbocycles. The summed E-state index contributed by atoms with van der Waals surface area (Å²) in [7, 11) is 0.639. The number of phenolic OH excluding ortho intramolecular Hbond substituents is 2. The third-order valence-electron chi connectivity index (χ3n) is 9.39. The molecule has 1 saturated carbocycles. The molecule has 0 radical (unpaired) electrons. The van der Waals surface area contributed by atoms with E-state index in [4.69, 9.17) is 0 Å². The molecule has 6 rings (SSSR count). The number of aromatic hydroxyl groups is 2. The second-order valence-electron chi connectivity index (χ2n) is 14.8. The standard InChI is InChI=1S/C38H48O2S4.Ti/c1-37(2,3)27-19-25(35(39)29(21-27)31-15-11-17-41-31)23-43-33-13-9-7-8-10-14-34(33)44-24-26-20-28(38(4,5)6)22-30(36(26)40)32-16-12-18-42-32;/h11-12,15-22,33-34,39-40H,7-10,13-14,23-24H2,1-6H3;/t33-,34?;/m0./s1. The summed E-state index contributed by atoms with van der Waals surface area (Å²) >= 11 is 3.16. The number of phenols is 2. The molecule has 0 saturated heterocycles. The van der Waals surface area contributed by atoms with Crippen LogP contribution in [-0.2, 0) is 37.8 Å². The quantitative estimate of drug-likeness (QED) is 0.195. The molecule has 2 aliphatic rings. The number of rotatable bonds is 6. The van der Waals surface area contributed by atoms with Crippen LogP contribution in [0, 0.1) is 0 Å². The minimum atomic E-state index is -0.274. The van der Waals surface area contributed by atoms with Crippen LogP contribution in [-0.4, -0.2) is 20.7 Å². The van der Waals surface area contributed by atoms with Crippen molar-refractivity contribution >= 4 is 38.6 Å². The summed E-state index contributed by atoms with van der Waals surface area (Å²) in [6.07, 6.45) is 8.09. The van der Waals surface area contributed by atoms with Gasteiger partial charge < -0.3 is 0 Å². The predicted octanol–water partition coefficient (Wildman–Crippen LogP) is 12.4. The Bertz CT molecular complexity index is 1610. The Morgan fingerprint density at radius 3 is 1.44 bits per heavy atom. The van der Waals surface area contributed by atoms with Crippen LogP contribution in [0.15, 0.2) is 59.3 Å². The number of hydrogen-bond donors (Lipinski definition) is 2. The molecule has 2 aromatic heterocycles. The molecule has 4 aromatic rings. The molecule has 0 amide bonds. The van der Waals surface area contributed by atoms with E-state index in [0.29, 0.717) is 27.4 Å². The van der Waals surface area contributed by atoms with E-state index in [2.05, 4.69) is 101 Å². The Balaban J connectivity index is 1.45. The van der Waals surface area contributed by atoms with Crippen molar-refractivity contribution in [2.24, 2.45) is 0 Å². The van der Waals surface area contributed by atoms with Crippen molar-refractivity contribution in [1.82, 2.24) is 0 Å². The van der Waals surface area contributed by atoms with E-state index in [1.807, 2.05) is 0 Å². The van der Waals surface area contributed by atoms with E-state index in [-0.39, 0.29) is 26.3 Å². The van der Waals surface area contributed by atoms with E-state index < -0.39 is 0 Å². The summed E-state index contributed by atoms with van der Waals surface area (Å²) in [4.78, 5) is 2.31. The monoisotopic (exact) mass is 712 g/mol. The van der Waals surface area contributed by atoms with Crippen molar-refractivity contribution in [3.63, 3.8) is 0 Å². The van der Waals surface area contributed by atoms with Gasteiger partial charge in [0.05, 0.1) is 0 Å². The average Bonchev–Trinajstić information content (AvgIpc) is 3.73. The van der Waals surface area contributed by atoms with Gasteiger partial charge in [0.2, 0.25) is 0 Å². The maximum absolute atomic E-state index is 11.8. The van der Waals surface area contributed by atoms with Gasteiger partial charge in [0.15, 0.2) is 0 Å². The molecule has 2 N–H and O–H groups in total. The van der Waals surface area contributed by atoms with Crippen molar-refractivity contribution in [2.45, 2.75) is 113 Å². The molecule has 1 fully saturated rings. The Labute approximate surface area is 288 Å². The fourth-order valence-corrected chi connectivity index (χ4v) is 29.0. The molecule has 3 heterocycles. The third kappa shape index (κ3) is 7.47. The normalized spacial score (nSPS) is 22.3. The Kier molecular flexibility index (Phi) is 10.3. The fourth-order valence-electron chi connectivity index (χ4n) is 6.65. The number of thiophene rings is 2. The van der Waals surface area contributed by atoms with E-state index in [9.17, 15) is 10.2 Å². The number of fused-ring (bicyclic) bond motifs is 1. The van der Waals surface area contributed by atoms with Gasteiger partial charge in [0.25, 0.3) is 0 Å². The molecule has 45 heavy (non-hydrogen) atoms. The first-order valence-electron chi connectivity index (χ1n) is 16.4. The minimum absolute atomic E-state index is 0.0203. The zero-order valence-electron chi connectivity index (χ0n) is 27.6. The topological polar surface area (TPSA) is 40.5 Å². The maximum atomic E-state index is 11.8. The van der Waals surface area contributed by atoms with Crippen molar-refractivity contribution in [3.8, 4) is 32.4 Å². The summed E-state index contributed by atoms with van der Waals surface area (Å²) in [6.45, 7) is 13.7. The molecule has 2 aromatic carbocycles. The summed E-state index contributed by atoms with van der Waals surface area (Å²) in [6, 6.07) is 17.6. The van der Waals surface area contributed by atoms with Crippen molar-refractivity contribution in [2.75, 3.05) is 0 Å². The van der Waals surface area contributed by atoms with E-state index in [1.54, 1.807) is 22.7 Å². The van der Waals surface area contributed by atoms with Crippen LogP contribution in [0.1, 0.15) is 102 Å². The second kappa shape index (κ2) is 13.8. The molecule has 7 heteroatoms. The molecule has 3 unspecified atom stereocenters. The molecular formula is C38H48O2S4Ti. The van der Waals surface area contributed by atoms with Gasteiger partial charge >= 0.3 is 291 Å². The molecule has 0 bridgehead atoms. The van der Waals surface area contributed by atoms with Crippen LogP contribution in [0.25, 0.3) is 20.9 Å². The van der Waals surface area contributed by atoms with E-state index in [0.717, 1.165) is 42.9 Å². The predicted molar refractivity (Wildman–Crippen MR) is 198 cm³/mol. The van der Waals surface area contributed by atoms with Gasteiger partial charge in [0, 0.05) is 0 Å². The SMILES string of the molecule is CC(C)(C)c1cc(C[S]2=[Ti]=[S](Cc3cc(C(C)(C)C)cc(-c4cccs4)c3O)[C@H]3CCCCCCC32)c(O)c(-c2cccs2)c1. The Morgan fingerprint density at radius 2 is 1.09 bits per heavy atom. The zero-order chi connectivity index (χ0) is 31.9. The number of benzene rings is 2. The summed E-state index contributed by atoms with van der Waals surface area (Å²) in [5.74, 6) is 3.06. The third-order valence-corrected chi connectivity index (χ3v) is 27.1. The summed E-state index contributed by atoms with van der Waals surface area (Å²) < 4.78 is 0. The van der Waals surface area contributed by atoms with Gasteiger partial charge in [0.1, 0.15) is 0 Å². The fraction of sp³-hybridized carbons (Fsp3) is 0.474. The first kappa shape index (κ1) is 33.7. The molecule has 0 spiro atoms. The zero-order valence-corrected chi connectivity index (χ0v) is 32.4. The van der Waals surface area contributed by atoms with Crippen LogP contribution in [0.5, 0.6) is 11.5 Å². The van der Waals surface area contributed by atoms with Gasteiger partial charge in [-0.3, -0.25) is 0 Å². The summed E-state index contributed by atoms with van der Waals surface area (Å²) in [5.41, 5.74) is 7.03. The van der Waals surface area contributed by atoms with Crippen molar-refractivity contribution in [3.05, 3.63) is 81.5 Å². The van der Waals surface area contributed by atoms with Crippen molar-refractivity contribution < 1.29 is 25.7 Å². The molecule has 240 valence electrons. The Hall–Kier alpha value is -1.15. The van der Waals surface area contributed by atoms with Crippen LogP contribution in [0.4, 0.5) is 0 Å². The van der Waals surface area contributed by atoms with Crippen molar-refractivity contribution in [1.29, 1.82) is 0 Å². The van der Waals surface area contributed by atoms with Crippen LogP contribution in [0.3, 0.4) is 0 Å². The first-order chi connectivity index (χ1) is 21.4. The Morgan fingerprint density at radius 1 is 0.667 bits per heavy atom. The van der Waals surface area contributed by atoms with Gasteiger partial charge in [-0.25, -0.2) is 0 Å². The van der Waals surface area contributed by atoms with Gasteiger partial charge in [-0.2, -0.15) is 0 Å². The van der Waals surface area contributed by atoms with E-state index >= 15 is 0 Å². The second-order valence-corrected chi connectivity index (χ2v) is 28.1. The number of hydrogen-bond acceptors (Lipinski definition) is 4. The first-order valence-corrected chi connectivity index (χ1v) is 24.9. The summed E-state index contributed by atoms with van der Waals surface area (Å²) in [5, 5.41) is 29.3. The molecule has 4 atom stereocenters. The van der Waals surface area contributed by atoms with Gasteiger partial charge in [-0.05, 0) is 0 Å². The van der Waals surface area contributed by atoms with E-state index in [1.165, 1.54) is 60.8 Å². The molecule has 2 nitrogen and oxygen atoms in total. The van der Waals surface area contributed by atoms with Crippen LogP contribution >= 0.6 is 38.6 Å². The molecule has 1 aliphatic heterocycles. The van der Waals surface area contributed by atoms with Gasteiger partial charge in [-0.1, -0.05) is 0 Å².